The summed E-state index contributed by atoms with van der Waals surface area (Å²) >= 11 is 0. The van der Waals surface area contributed by atoms with Gasteiger partial charge < -0.3 is 0 Å². The van der Waals surface area contributed by atoms with Crippen LogP contribution >= 0.6 is 0 Å². The van der Waals surface area contributed by atoms with Gasteiger partial charge in [-0.25, -0.2) is 0 Å². The van der Waals surface area contributed by atoms with Gasteiger partial charge in [-0.3, -0.25) is 9.59 Å². The van der Waals surface area contributed by atoms with Crippen LogP contribution in [0.25, 0.3) is 11.1 Å². The van der Waals surface area contributed by atoms with Gasteiger partial charge in [-0.05, 0) is 36.1 Å². The van der Waals surface area contributed by atoms with E-state index in [0.29, 0.717) is 11.1 Å². The van der Waals surface area contributed by atoms with Crippen LogP contribution < -0.4 is 0 Å². The summed E-state index contributed by atoms with van der Waals surface area (Å²) in [6.07, 6.45) is 1.67. The number of hydrogen-bond acceptors (Lipinski definition) is 2. The summed E-state index contributed by atoms with van der Waals surface area (Å²) < 4.78 is 0. The lowest BCUT2D eigenvalue weighted by Gasteiger charge is -2.14. The second-order valence-electron chi connectivity index (χ2n) is 4.31. The molecule has 0 aliphatic carbocycles. The van der Waals surface area contributed by atoms with Crippen LogP contribution in [0.2, 0.25) is 0 Å². The molecule has 0 spiro atoms. The van der Waals surface area contributed by atoms with Crippen LogP contribution in [0.1, 0.15) is 31.8 Å². The Hall–Kier alpha value is -2.22. The number of hydrogen-bond donors (Lipinski definition) is 0. The first kappa shape index (κ1) is 12.2. The van der Waals surface area contributed by atoms with Gasteiger partial charge in [0, 0.05) is 11.1 Å². The molecule has 2 heteroatoms. The number of carbonyl (C=O) groups excluding carboxylic acids is 2. The van der Waals surface area contributed by atoms with Crippen molar-refractivity contribution in [3.63, 3.8) is 0 Å². The Labute approximate surface area is 106 Å². The molecule has 0 unspecified atom stereocenters. The number of carbonyl (C=O) groups is 2. The predicted molar refractivity (Wildman–Crippen MR) is 72.1 cm³/mol. The Kier molecular flexibility index (Phi) is 3.38. The summed E-state index contributed by atoms with van der Waals surface area (Å²) in [4.78, 5) is 22.4. The van der Waals surface area contributed by atoms with Crippen molar-refractivity contribution in [3.05, 3.63) is 58.7 Å². The zero-order valence-electron chi connectivity index (χ0n) is 10.4. The van der Waals surface area contributed by atoms with Crippen LogP contribution in [0.5, 0.6) is 0 Å². The van der Waals surface area contributed by atoms with Gasteiger partial charge >= 0.3 is 0 Å². The third-order valence-electron chi connectivity index (χ3n) is 3.11. The highest BCUT2D eigenvalue weighted by atomic mass is 16.1. The first-order valence-corrected chi connectivity index (χ1v) is 5.79. The Morgan fingerprint density at radius 3 is 1.44 bits per heavy atom. The second-order valence-corrected chi connectivity index (χ2v) is 4.31. The van der Waals surface area contributed by atoms with E-state index in [1.54, 1.807) is 12.1 Å². The van der Waals surface area contributed by atoms with E-state index in [9.17, 15) is 9.59 Å². The second kappa shape index (κ2) is 4.96. The number of aryl methyl sites for hydroxylation is 2. The van der Waals surface area contributed by atoms with Gasteiger partial charge in [-0.15, -0.1) is 0 Å². The van der Waals surface area contributed by atoms with Crippen LogP contribution in [0.4, 0.5) is 0 Å². The van der Waals surface area contributed by atoms with Gasteiger partial charge in [0.15, 0.2) is 12.6 Å². The number of aldehydes is 2. The van der Waals surface area contributed by atoms with Crippen LogP contribution in [-0.4, -0.2) is 12.6 Å². The molecule has 18 heavy (non-hydrogen) atoms. The van der Waals surface area contributed by atoms with E-state index in [-0.39, 0.29) is 0 Å². The van der Waals surface area contributed by atoms with E-state index in [0.717, 1.165) is 34.8 Å². The summed E-state index contributed by atoms with van der Waals surface area (Å²) in [5.74, 6) is 0. The van der Waals surface area contributed by atoms with Gasteiger partial charge in [0.1, 0.15) is 0 Å². The molecule has 0 N–H and O–H groups in total. The Morgan fingerprint density at radius 1 is 0.722 bits per heavy atom. The van der Waals surface area contributed by atoms with Crippen molar-refractivity contribution in [2.24, 2.45) is 0 Å². The minimum Gasteiger partial charge on any atom is -0.298 e. The smallest absolute Gasteiger partial charge is 0.150 e. The minimum absolute atomic E-state index is 0.618. The molecule has 2 aromatic rings. The van der Waals surface area contributed by atoms with Crippen molar-refractivity contribution in [3.8, 4) is 11.1 Å². The lowest BCUT2D eigenvalue weighted by molar-refractivity contribution is 0.111. The van der Waals surface area contributed by atoms with Gasteiger partial charge in [0.2, 0.25) is 0 Å². The van der Waals surface area contributed by atoms with Crippen molar-refractivity contribution in [1.82, 2.24) is 0 Å². The zero-order chi connectivity index (χ0) is 13.1. The van der Waals surface area contributed by atoms with Gasteiger partial charge in [0.05, 0.1) is 0 Å². The highest BCUT2D eigenvalue weighted by Gasteiger charge is 2.13. The van der Waals surface area contributed by atoms with Crippen molar-refractivity contribution >= 4 is 12.6 Å². The molecule has 0 aliphatic heterocycles. The SMILES string of the molecule is Cc1cccc(C=O)c1-c1c(C)cccc1C=O. The maximum absolute atomic E-state index is 11.2. The first-order valence-electron chi connectivity index (χ1n) is 5.79. The molecule has 2 aromatic carbocycles. The number of benzene rings is 2. The largest absolute Gasteiger partial charge is 0.298 e. The zero-order valence-corrected chi connectivity index (χ0v) is 10.4. The molecule has 0 saturated carbocycles. The molecule has 90 valence electrons. The van der Waals surface area contributed by atoms with Crippen molar-refractivity contribution in [2.75, 3.05) is 0 Å². The summed E-state index contributed by atoms with van der Waals surface area (Å²) in [6, 6.07) is 11.1. The topological polar surface area (TPSA) is 34.1 Å². The molecule has 0 heterocycles. The molecule has 0 amide bonds. The van der Waals surface area contributed by atoms with Gasteiger partial charge in [0.25, 0.3) is 0 Å². The predicted octanol–water partition coefficient (Wildman–Crippen LogP) is 3.60. The highest BCUT2D eigenvalue weighted by molar-refractivity contribution is 5.96. The van der Waals surface area contributed by atoms with Gasteiger partial charge in [-0.2, -0.15) is 0 Å². The summed E-state index contributed by atoms with van der Waals surface area (Å²) in [6.45, 7) is 3.90. The van der Waals surface area contributed by atoms with Crippen molar-refractivity contribution in [1.29, 1.82) is 0 Å². The quantitative estimate of drug-likeness (QED) is 0.766. The average molecular weight is 238 g/mol. The molecular formula is C16H14O2. The molecule has 2 rings (SSSR count). The minimum atomic E-state index is 0.618. The Morgan fingerprint density at radius 2 is 1.11 bits per heavy atom. The van der Waals surface area contributed by atoms with Crippen LogP contribution in [0.15, 0.2) is 36.4 Å². The van der Waals surface area contributed by atoms with E-state index >= 15 is 0 Å². The molecule has 2 nitrogen and oxygen atoms in total. The lowest BCUT2D eigenvalue weighted by Crippen LogP contribution is -1.97. The Balaban J connectivity index is 2.84. The van der Waals surface area contributed by atoms with E-state index in [4.69, 9.17) is 0 Å². The van der Waals surface area contributed by atoms with E-state index in [1.807, 2.05) is 38.1 Å². The summed E-state index contributed by atoms with van der Waals surface area (Å²) in [5.41, 5.74) is 4.94. The maximum atomic E-state index is 11.2. The van der Waals surface area contributed by atoms with E-state index in [2.05, 4.69) is 0 Å². The molecule has 0 atom stereocenters. The molecule has 0 saturated heterocycles. The van der Waals surface area contributed by atoms with Crippen molar-refractivity contribution < 1.29 is 9.59 Å². The fourth-order valence-electron chi connectivity index (χ4n) is 2.26. The van der Waals surface area contributed by atoms with Gasteiger partial charge in [-0.1, -0.05) is 36.4 Å². The fourth-order valence-corrected chi connectivity index (χ4v) is 2.26. The summed E-state index contributed by atoms with van der Waals surface area (Å²) in [7, 11) is 0. The maximum Gasteiger partial charge on any atom is 0.150 e. The van der Waals surface area contributed by atoms with Crippen LogP contribution in [0.3, 0.4) is 0 Å². The molecular weight excluding hydrogens is 224 g/mol. The molecule has 0 fully saturated rings. The van der Waals surface area contributed by atoms with Crippen LogP contribution in [-0.2, 0) is 0 Å². The monoisotopic (exact) mass is 238 g/mol. The normalized spacial score (nSPS) is 10.1. The third-order valence-corrected chi connectivity index (χ3v) is 3.11. The average Bonchev–Trinajstić information content (AvgIpc) is 2.38. The number of rotatable bonds is 3. The van der Waals surface area contributed by atoms with E-state index < -0.39 is 0 Å². The molecule has 0 aromatic heterocycles. The molecule has 0 bridgehead atoms. The highest BCUT2D eigenvalue weighted by Crippen LogP contribution is 2.31. The van der Waals surface area contributed by atoms with E-state index in [1.165, 1.54) is 0 Å². The summed E-state index contributed by atoms with van der Waals surface area (Å²) in [5, 5.41) is 0. The first-order chi connectivity index (χ1) is 8.69. The Bertz CT molecular complexity index is 557. The third kappa shape index (κ3) is 1.97. The molecule has 0 radical (unpaired) electrons. The standard InChI is InChI=1S/C16H14O2/c1-11-5-3-7-13(9-17)15(11)16-12(2)6-4-8-14(16)10-18/h3-10H,1-2H3. The van der Waals surface area contributed by atoms with Crippen molar-refractivity contribution in [2.45, 2.75) is 13.8 Å². The lowest BCUT2D eigenvalue weighted by atomic mass is 9.89. The molecule has 0 aliphatic rings. The van der Waals surface area contributed by atoms with Crippen LogP contribution in [0, 0.1) is 13.8 Å². The fraction of sp³-hybridized carbons (Fsp3) is 0.125.